The van der Waals surface area contributed by atoms with Crippen LogP contribution in [0.3, 0.4) is 0 Å². The fraction of sp³-hybridized carbons (Fsp3) is 0.417. The average molecular weight is 442 g/mol. The molecule has 2 rings (SSSR count). The van der Waals surface area contributed by atoms with E-state index in [1.807, 2.05) is 32.0 Å². The molecule has 1 unspecified atom stereocenters. The zero-order valence-electron chi connectivity index (χ0n) is 18.9. The maximum Gasteiger partial charge on any atom is 0.266 e. The van der Waals surface area contributed by atoms with Crippen LogP contribution in [0.1, 0.15) is 36.4 Å². The monoisotopic (exact) mass is 441 g/mol. The van der Waals surface area contributed by atoms with Crippen molar-refractivity contribution in [1.29, 1.82) is 5.26 Å². The van der Waals surface area contributed by atoms with E-state index in [-0.39, 0.29) is 5.57 Å². The van der Waals surface area contributed by atoms with Gasteiger partial charge in [0.1, 0.15) is 11.6 Å². The van der Waals surface area contributed by atoms with E-state index in [1.54, 1.807) is 31.4 Å². The summed E-state index contributed by atoms with van der Waals surface area (Å²) in [5.74, 6) is 0.879. The average Bonchev–Trinajstić information content (AvgIpc) is 2.97. The number of hydrogen-bond acceptors (Lipinski definition) is 4. The predicted molar refractivity (Wildman–Crippen MR) is 126 cm³/mol. The lowest BCUT2D eigenvalue weighted by molar-refractivity contribution is -0.112. The van der Waals surface area contributed by atoms with Crippen LogP contribution in [0.25, 0.3) is 6.08 Å². The van der Waals surface area contributed by atoms with E-state index in [4.69, 9.17) is 4.74 Å². The quantitative estimate of drug-likeness (QED) is 0.442. The number of aryl methyl sites for hydroxylation is 1. The minimum Gasteiger partial charge on any atom is -0.384 e. The lowest BCUT2D eigenvalue weighted by Crippen LogP contribution is -2.14. The minimum atomic E-state index is -1.04. The number of amides is 1. The van der Waals surface area contributed by atoms with Crippen molar-refractivity contribution in [1.82, 2.24) is 4.57 Å². The van der Waals surface area contributed by atoms with Gasteiger partial charge in [-0.25, -0.2) is 0 Å². The number of methoxy groups -OCH3 is 1. The number of carbonyl (C=O) groups is 1. The van der Waals surface area contributed by atoms with Crippen LogP contribution in [0.15, 0.2) is 35.9 Å². The first kappa shape index (κ1) is 24.6. The molecule has 31 heavy (non-hydrogen) atoms. The van der Waals surface area contributed by atoms with Gasteiger partial charge in [0.15, 0.2) is 0 Å². The summed E-state index contributed by atoms with van der Waals surface area (Å²) in [6, 6.07) is 11.2. The number of aromatic nitrogens is 1. The molecule has 0 aliphatic carbocycles. The summed E-state index contributed by atoms with van der Waals surface area (Å²) >= 11 is 0. The Hall–Kier alpha value is -2.69. The normalized spacial score (nSPS) is 12.6. The van der Waals surface area contributed by atoms with Gasteiger partial charge in [-0.2, -0.15) is 5.26 Å². The third kappa shape index (κ3) is 7.20. The van der Waals surface area contributed by atoms with Crippen molar-refractivity contribution < 1.29 is 13.7 Å². The molecule has 1 aromatic heterocycles. The topological polar surface area (TPSA) is 84.1 Å². The molecule has 0 saturated carbocycles. The molecule has 1 heterocycles. The lowest BCUT2D eigenvalue weighted by Gasteiger charge is -2.12. The molecule has 0 bridgehead atoms. The van der Waals surface area contributed by atoms with Gasteiger partial charge < -0.3 is 14.6 Å². The van der Waals surface area contributed by atoms with Crippen LogP contribution in [0, 0.1) is 31.1 Å². The van der Waals surface area contributed by atoms with E-state index in [0.29, 0.717) is 29.7 Å². The van der Waals surface area contributed by atoms with Gasteiger partial charge in [0.2, 0.25) is 0 Å². The van der Waals surface area contributed by atoms with Gasteiger partial charge in [-0.3, -0.25) is 9.00 Å². The van der Waals surface area contributed by atoms with Crippen LogP contribution in [-0.2, 0) is 32.6 Å². The van der Waals surface area contributed by atoms with Gasteiger partial charge in [0.25, 0.3) is 5.91 Å². The number of carbonyl (C=O) groups excluding carboxylic acids is 1. The molecule has 0 spiro atoms. The van der Waals surface area contributed by atoms with Gasteiger partial charge in [0.05, 0.1) is 6.61 Å². The summed E-state index contributed by atoms with van der Waals surface area (Å²) in [6.07, 6.45) is 1.64. The molecule has 0 radical (unpaired) electrons. The SMILES string of the molecule is COCCS(=O)Cc1cccc(NC(=O)/C(C#N)=C/c2cc(C)n(CC(C)C)c2C)c1. The van der Waals surface area contributed by atoms with E-state index in [1.165, 1.54) is 0 Å². The van der Waals surface area contributed by atoms with Crippen LogP contribution in [-0.4, -0.2) is 34.2 Å². The minimum absolute atomic E-state index is 0.0406. The smallest absolute Gasteiger partial charge is 0.266 e. The Morgan fingerprint density at radius 2 is 2.06 bits per heavy atom. The molecule has 6 nitrogen and oxygen atoms in total. The summed E-state index contributed by atoms with van der Waals surface area (Å²) in [6.45, 7) is 9.67. The summed E-state index contributed by atoms with van der Waals surface area (Å²) in [7, 11) is 0.539. The van der Waals surface area contributed by atoms with Crippen molar-refractivity contribution in [3.63, 3.8) is 0 Å². The number of benzene rings is 1. The molecule has 166 valence electrons. The van der Waals surface area contributed by atoms with E-state index < -0.39 is 16.7 Å². The Morgan fingerprint density at radius 3 is 2.71 bits per heavy atom. The summed E-state index contributed by atoms with van der Waals surface area (Å²) in [4.78, 5) is 12.7. The highest BCUT2D eigenvalue weighted by atomic mass is 32.2. The number of anilines is 1. The van der Waals surface area contributed by atoms with Crippen molar-refractivity contribution in [3.8, 4) is 6.07 Å². The Labute approximate surface area is 187 Å². The summed E-state index contributed by atoms with van der Waals surface area (Å²) in [5.41, 5.74) is 4.47. The van der Waals surface area contributed by atoms with E-state index >= 15 is 0 Å². The number of nitrogens with zero attached hydrogens (tertiary/aromatic N) is 2. The van der Waals surface area contributed by atoms with Crippen molar-refractivity contribution >= 4 is 28.5 Å². The largest absolute Gasteiger partial charge is 0.384 e. The second-order valence-corrected chi connectivity index (χ2v) is 9.51. The standard InChI is InChI=1S/C24H31N3O3S/c1-17(2)15-27-18(3)11-21(19(27)4)13-22(14-25)24(28)26-23-8-6-7-20(12-23)16-31(29)10-9-30-5/h6-8,11-13,17H,9-10,15-16H2,1-5H3,(H,26,28)/b22-13+. The number of rotatable bonds is 10. The first-order chi connectivity index (χ1) is 14.7. The molecule has 0 saturated heterocycles. The van der Waals surface area contributed by atoms with Gasteiger partial charge in [-0.1, -0.05) is 26.0 Å². The van der Waals surface area contributed by atoms with Crippen LogP contribution < -0.4 is 5.32 Å². The van der Waals surface area contributed by atoms with Crippen LogP contribution >= 0.6 is 0 Å². The molecule has 0 aliphatic rings. The first-order valence-corrected chi connectivity index (χ1v) is 11.8. The molecular weight excluding hydrogens is 410 g/mol. The number of nitrogens with one attached hydrogen (secondary N) is 1. The van der Waals surface area contributed by atoms with Gasteiger partial charge in [-0.15, -0.1) is 0 Å². The Kier molecular flexibility index (Phi) is 9.22. The van der Waals surface area contributed by atoms with Gasteiger partial charge in [0, 0.05) is 53.0 Å². The number of nitriles is 1. The second-order valence-electron chi connectivity index (χ2n) is 7.94. The highest BCUT2D eigenvalue weighted by Gasteiger charge is 2.14. The lowest BCUT2D eigenvalue weighted by atomic mass is 10.1. The van der Waals surface area contributed by atoms with E-state index in [2.05, 4.69) is 23.7 Å². The molecule has 0 fully saturated rings. The number of hydrogen-bond donors (Lipinski definition) is 1. The van der Waals surface area contributed by atoms with Crippen LogP contribution in [0.4, 0.5) is 5.69 Å². The Morgan fingerprint density at radius 1 is 1.32 bits per heavy atom. The summed E-state index contributed by atoms with van der Waals surface area (Å²) < 4.78 is 19.2. The zero-order valence-corrected chi connectivity index (χ0v) is 19.7. The number of ether oxygens (including phenoxy) is 1. The molecule has 0 aliphatic heterocycles. The Bertz CT molecular complexity index is 1020. The molecule has 1 amide bonds. The highest BCUT2D eigenvalue weighted by Crippen LogP contribution is 2.20. The van der Waals surface area contributed by atoms with Crippen molar-refractivity contribution in [2.24, 2.45) is 5.92 Å². The predicted octanol–water partition coefficient (Wildman–Crippen LogP) is 4.20. The van der Waals surface area contributed by atoms with E-state index in [9.17, 15) is 14.3 Å². The molecular formula is C24H31N3O3S. The maximum atomic E-state index is 12.7. The molecule has 1 aromatic carbocycles. The zero-order chi connectivity index (χ0) is 23.0. The molecule has 7 heteroatoms. The third-order valence-electron chi connectivity index (χ3n) is 4.85. The van der Waals surface area contributed by atoms with Crippen molar-refractivity contribution in [2.75, 3.05) is 24.8 Å². The van der Waals surface area contributed by atoms with Gasteiger partial charge >= 0.3 is 0 Å². The first-order valence-electron chi connectivity index (χ1n) is 10.3. The molecule has 2 aromatic rings. The Balaban J connectivity index is 2.16. The second kappa shape index (κ2) is 11.6. The van der Waals surface area contributed by atoms with Crippen molar-refractivity contribution in [3.05, 3.63) is 58.4 Å². The van der Waals surface area contributed by atoms with Crippen LogP contribution in [0.2, 0.25) is 0 Å². The third-order valence-corrected chi connectivity index (χ3v) is 6.13. The fourth-order valence-corrected chi connectivity index (χ4v) is 4.34. The van der Waals surface area contributed by atoms with E-state index in [0.717, 1.165) is 29.1 Å². The molecule has 1 atom stereocenters. The van der Waals surface area contributed by atoms with Crippen molar-refractivity contribution in [2.45, 2.75) is 40.0 Å². The maximum absolute atomic E-state index is 12.7. The summed E-state index contributed by atoms with van der Waals surface area (Å²) in [5, 5.41) is 12.3. The highest BCUT2D eigenvalue weighted by molar-refractivity contribution is 7.84. The fourth-order valence-electron chi connectivity index (χ4n) is 3.30. The van der Waals surface area contributed by atoms with Crippen LogP contribution in [0.5, 0.6) is 0 Å². The molecule has 1 N–H and O–H groups in total. The van der Waals surface area contributed by atoms with Gasteiger partial charge in [-0.05, 0) is 55.2 Å².